The van der Waals surface area contributed by atoms with Crippen LogP contribution in [-0.4, -0.2) is 39.2 Å². The summed E-state index contributed by atoms with van der Waals surface area (Å²) in [5, 5.41) is 2.47. The zero-order chi connectivity index (χ0) is 21.3. The predicted octanol–water partition coefficient (Wildman–Crippen LogP) is 4.95. The fourth-order valence-electron chi connectivity index (χ4n) is 4.06. The van der Waals surface area contributed by atoms with Crippen LogP contribution in [-0.2, 0) is 4.79 Å². The predicted molar refractivity (Wildman–Crippen MR) is 125 cm³/mol. The lowest BCUT2D eigenvalue weighted by molar-refractivity contribution is -0.129. The van der Waals surface area contributed by atoms with Crippen LogP contribution >= 0.6 is 23.1 Å². The fraction of sp³-hybridized carbons (Fsp3) is 0.435. The Hall–Kier alpha value is -2.12. The molecule has 2 aromatic heterocycles. The molecule has 1 amide bonds. The highest BCUT2D eigenvalue weighted by atomic mass is 32.2. The lowest BCUT2D eigenvalue weighted by Gasteiger charge is -2.31. The number of fused-ring (bicyclic) bond motifs is 1. The maximum Gasteiger partial charge on any atom is 0.276 e. The highest BCUT2D eigenvalue weighted by molar-refractivity contribution is 7.99. The van der Waals surface area contributed by atoms with E-state index in [4.69, 9.17) is 4.98 Å². The third-order valence-corrected chi connectivity index (χ3v) is 7.71. The Balaban J connectivity index is 1.67. The smallest absolute Gasteiger partial charge is 0.276 e. The number of amides is 1. The number of aromatic nitrogens is 2. The maximum atomic E-state index is 13.3. The van der Waals surface area contributed by atoms with Crippen molar-refractivity contribution in [2.24, 2.45) is 0 Å². The van der Waals surface area contributed by atoms with Gasteiger partial charge in [-0.1, -0.05) is 43.2 Å². The zero-order valence-electron chi connectivity index (χ0n) is 17.7. The Kier molecular flexibility index (Phi) is 6.29. The molecule has 2 heterocycles. The van der Waals surface area contributed by atoms with Crippen LogP contribution in [0.2, 0.25) is 0 Å². The number of nitrogens with zero attached hydrogens (tertiary/aromatic N) is 3. The van der Waals surface area contributed by atoms with Crippen molar-refractivity contribution in [3.05, 3.63) is 51.1 Å². The number of rotatable bonds is 5. The molecule has 5 nitrogen and oxygen atoms in total. The summed E-state index contributed by atoms with van der Waals surface area (Å²) in [4.78, 5) is 32.9. The van der Waals surface area contributed by atoms with Crippen molar-refractivity contribution in [1.82, 2.24) is 14.5 Å². The first-order valence-electron chi connectivity index (χ1n) is 10.4. The Labute approximate surface area is 185 Å². The van der Waals surface area contributed by atoms with Gasteiger partial charge in [0.1, 0.15) is 4.70 Å². The molecule has 4 rings (SSSR count). The van der Waals surface area contributed by atoms with E-state index in [9.17, 15) is 9.59 Å². The lowest BCUT2D eigenvalue weighted by atomic mass is 9.94. The van der Waals surface area contributed by atoms with Crippen molar-refractivity contribution >= 4 is 39.2 Å². The number of hydrogen-bond donors (Lipinski definition) is 0. The molecule has 0 unspecified atom stereocenters. The molecule has 0 aliphatic heterocycles. The van der Waals surface area contributed by atoms with Crippen LogP contribution in [0.5, 0.6) is 0 Å². The first-order chi connectivity index (χ1) is 14.5. The minimum atomic E-state index is -0.0701. The molecule has 1 aliphatic carbocycles. The Morgan fingerprint density at radius 1 is 1.23 bits per heavy atom. The van der Waals surface area contributed by atoms with Gasteiger partial charge < -0.3 is 4.90 Å². The SMILES string of the molecule is Cc1ccc(C)c(-n2c(SCC(=O)N(C)C3CCCCC3)nc3ccsc3c2=O)c1. The summed E-state index contributed by atoms with van der Waals surface area (Å²) in [6.07, 6.45) is 5.81. The van der Waals surface area contributed by atoms with Gasteiger partial charge in [-0.05, 0) is 55.3 Å². The van der Waals surface area contributed by atoms with Gasteiger partial charge in [0.15, 0.2) is 5.16 Å². The molecule has 0 bridgehead atoms. The number of thioether (sulfide) groups is 1. The molecule has 1 aromatic carbocycles. The van der Waals surface area contributed by atoms with Crippen LogP contribution in [0.1, 0.15) is 43.2 Å². The second-order valence-corrected chi connectivity index (χ2v) is 9.90. The second-order valence-electron chi connectivity index (χ2n) is 8.04. The third-order valence-electron chi connectivity index (χ3n) is 5.90. The van der Waals surface area contributed by atoms with Crippen molar-refractivity contribution in [2.45, 2.75) is 57.1 Å². The maximum absolute atomic E-state index is 13.3. The quantitative estimate of drug-likeness (QED) is 0.415. The van der Waals surface area contributed by atoms with E-state index >= 15 is 0 Å². The molecule has 0 saturated heterocycles. The van der Waals surface area contributed by atoms with E-state index in [0.717, 1.165) is 29.7 Å². The van der Waals surface area contributed by atoms with E-state index in [1.165, 1.54) is 42.4 Å². The number of hydrogen-bond acceptors (Lipinski definition) is 5. The molecule has 0 radical (unpaired) electrons. The number of carbonyl (C=O) groups excluding carboxylic acids is 1. The highest BCUT2D eigenvalue weighted by Crippen LogP contribution is 2.27. The van der Waals surface area contributed by atoms with Crippen molar-refractivity contribution in [3.63, 3.8) is 0 Å². The number of benzene rings is 1. The van der Waals surface area contributed by atoms with E-state index in [-0.39, 0.29) is 17.2 Å². The minimum absolute atomic E-state index is 0.0701. The molecule has 30 heavy (non-hydrogen) atoms. The zero-order valence-corrected chi connectivity index (χ0v) is 19.3. The van der Waals surface area contributed by atoms with E-state index in [0.29, 0.717) is 21.4 Å². The number of aryl methyl sites for hydroxylation is 2. The van der Waals surface area contributed by atoms with Crippen LogP contribution in [0, 0.1) is 13.8 Å². The molecule has 0 atom stereocenters. The summed E-state index contributed by atoms with van der Waals surface area (Å²) >= 11 is 2.76. The Morgan fingerprint density at radius 2 is 2.00 bits per heavy atom. The molecule has 158 valence electrons. The monoisotopic (exact) mass is 441 g/mol. The first-order valence-corrected chi connectivity index (χ1v) is 12.3. The topological polar surface area (TPSA) is 55.2 Å². The van der Waals surface area contributed by atoms with Crippen molar-refractivity contribution in [1.29, 1.82) is 0 Å². The number of thiophene rings is 1. The van der Waals surface area contributed by atoms with Gasteiger partial charge in [0.25, 0.3) is 5.56 Å². The van der Waals surface area contributed by atoms with Gasteiger partial charge in [-0.25, -0.2) is 4.98 Å². The minimum Gasteiger partial charge on any atom is -0.342 e. The second kappa shape index (κ2) is 8.94. The number of carbonyl (C=O) groups is 1. The van der Waals surface area contributed by atoms with Crippen molar-refractivity contribution < 1.29 is 4.79 Å². The highest BCUT2D eigenvalue weighted by Gasteiger charge is 2.23. The van der Waals surface area contributed by atoms with Gasteiger partial charge in [-0.3, -0.25) is 14.2 Å². The van der Waals surface area contributed by atoms with Gasteiger partial charge >= 0.3 is 0 Å². The van der Waals surface area contributed by atoms with Crippen LogP contribution in [0.4, 0.5) is 0 Å². The van der Waals surface area contributed by atoms with Crippen molar-refractivity contribution in [3.8, 4) is 5.69 Å². The molecular formula is C23H27N3O2S2. The van der Waals surface area contributed by atoms with Gasteiger partial charge in [0.05, 0.1) is 17.0 Å². The van der Waals surface area contributed by atoms with Crippen LogP contribution in [0.25, 0.3) is 15.9 Å². The van der Waals surface area contributed by atoms with Gasteiger partial charge in [-0.15, -0.1) is 11.3 Å². The molecule has 0 N–H and O–H groups in total. The summed E-state index contributed by atoms with van der Waals surface area (Å²) in [5.41, 5.74) is 3.55. The van der Waals surface area contributed by atoms with Gasteiger partial charge in [0, 0.05) is 13.1 Å². The normalized spacial score (nSPS) is 14.9. The third kappa shape index (κ3) is 4.18. The summed E-state index contributed by atoms with van der Waals surface area (Å²) in [6, 6.07) is 8.27. The Morgan fingerprint density at radius 3 is 2.77 bits per heavy atom. The summed E-state index contributed by atoms with van der Waals surface area (Å²) < 4.78 is 2.32. The van der Waals surface area contributed by atoms with Crippen LogP contribution < -0.4 is 5.56 Å². The van der Waals surface area contributed by atoms with E-state index < -0.39 is 0 Å². The first kappa shape index (κ1) is 21.1. The molecular weight excluding hydrogens is 414 g/mol. The average molecular weight is 442 g/mol. The largest absolute Gasteiger partial charge is 0.342 e. The molecule has 7 heteroatoms. The van der Waals surface area contributed by atoms with Gasteiger partial charge in [-0.2, -0.15) is 0 Å². The van der Waals surface area contributed by atoms with Crippen molar-refractivity contribution in [2.75, 3.05) is 12.8 Å². The van der Waals surface area contributed by atoms with E-state index in [1.54, 1.807) is 4.57 Å². The van der Waals surface area contributed by atoms with Crippen LogP contribution in [0.3, 0.4) is 0 Å². The summed E-state index contributed by atoms with van der Waals surface area (Å²) in [5.74, 6) is 0.374. The van der Waals surface area contributed by atoms with Gasteiger partial charge in [0.2, 0.25) is 5.91 Å². The van der Waals surface area contributed by atoms with Crippen LogP contribution in [0.15, 0.2) is 39.6 Å². The average Bonchev–Trinajstić information content (AvgIpc) is 3.23. The van der Waals surface area contributed by atoms with E-state index in [2.05, 4.69) is 0 Å². The molecule has 1 saturated carbocycles. The molecule has 1 fully saturated rings. The summed E-state index contributed by atoms with van der Waals surface area (Å²) in [6.45, 7) is 4.01. The standard InChI is InChI=1S/C23H27N3O2S2/c1-15-9-10-16(2)19(13-15)26-22(28)21-18(11-12-29-21)24-23(26)30-14-20(27)25(3)17-7-5-4-6-8-17/h9-13,17H,4-8,14H2,1-3H3. The summed E-state index contributed by atoms with van der Waals surface area (Å²) in [7, 11) is 1.91. The lowest BCUT2D eigenvalue weighted by Crippen LogP contribution is -2.39. The molecule has 0 spiro atoms. The molecule has 1 aliphatic rings. The van der Waals surface area contributed by atoms with E-state index in [1.807, 2.05) is 55.4 Å². The fourth-order valence-corrected chi connectivity index (χ4v) is 5.75. The Bertz CT molecular complexity index is 1130. The molecule has 3 aromatic rings.